The van der Waals surface area contributed by atoms with E-state index in [1.165, 1.54) is 0 Å². The minimum atomic E-state index is -4.33. The first-order valence-electron chi connectivity index (χ1n) is 4.49. The topological polar surface area (TPSA) is 74.2 Å². The van der Waals surface area contributed by atoms with E-state index < -0.39 is 19.0 Å². The van der Waals surface area contributed by atoms with Crippen molar-refractivity contribution in [3.8, 4) is 0 Å². The van der Waals surface area contributed by atoms with Crippen LogP contribution in [-0.2, 0) is 23.7 Å². The van der Waals surface area contributed by atoms with Crippen LogP contribution >= 0.6 is 7.82 Å². The van der Waals surface area contributed by atoms with Gasteiger partial charge >= 0.3 is 7.82 Å². The van der Waals surface area contributed by atoms with Crippen LogP contribution < -0.4 is 0 Å². The van der Waals surface area contributed by atoms with Crippen molar-refractivity contribution < 1.29 is 28.6 Å². The van der Waals surface area contributed by atoms with Crippen LogP contribution in [0.3, 0.4) is 0 Å². The van der Waals surface area contributed by atoms with Crippen molar-refractivity contribution in [2.75, 3.05) is 0 Å². The molecule has 7 heteroatoms. The molecule has 0 spiro atoms. The Kier molecular flexibility index (Phi) is 4.92. The Morgan fingerprint density at radius 3 is 1.33 bits per heavy atom. The van der Waals surface area contributed by atoms with Crippen LogP contribution in [0.4, 0.5) is 0 Å². The quantitative estimate of drug-likeness (QED) is 0.464. The molecule has 1 N–H and O–H groups in total. The summed E-state index contributed by atoms with van der Waals surface area (Å²) in [6.07, 6.45) is 0. The first-order valence-corrected chi connectivity index (χ1v) is 5.98. The van der Waals surface area contributed by atoms with Gasteiger partial charge in [-0.15, -0.1) is 9.35 Å². The minimum absolute atomic E-state index is 0.705. The third kappa shape index (κ3) is 10.3. The molecule has 0 aliphatic rings. The molecule has 0 saturated heterocycles. The fourth-order valence-electron chi connectivity index (χ4n) is 0.330. The second kappa shape index (κ2) is 4.91. The van der Waals surface area contributed by atoms with Gasteiger partial charge in [0.25, 0.3) is 0 Å². The average Bonchev–Trinajstić information content (AvgIpc) is 1.96. The monoisotopic (exact) mass is 242 g/mol. The zero-order valence-corrected chi connectivity index (χ0v) is 10.8. The van der Waals surface area contributed by atoms with Gasteiger partial charge < -0.3 is 0 Å². The van der Waals surface area contributed by atoms with E-state index in [2.05, 4.69) is 19.1 Å². The van der Waals surface area contributed by atoms with Gasteiger partial charge in [0.15, 0.2) is 0 Å². The molecule has 15 heavy (non-hydrogen) atoms. The van der Waals surface area contributed by atoms with Crippen LogP contribution in [0, 0.1) is 0 Å². The van der Waals surface area contributed by atoms with Crippen molar-refractivity contribution in [1.82, 2.24) is 0 Å². The molecule has 0 fully saturated rings. The first-order chi connectivity index (χ1) is 6.41. The second-order valence-electron chi connectivity index (χ2n) is 5.01. The summed E-state index contributed by atoms with van der Waals surface area (Å²) in [7, 11) is -4.33. The van der Waals surface area contributed by atoms with Gasteiger partial charge in [0.1, 0.15) is 0 Å². The molecule has 6 nitrogen and oxygen atoms in total. The first kappa shape index (κ1) is 15.0. The zero-order valence-electron chi connectivity index (χ0n) is 9.94. The molecular formula is C8H19O6P. The van der Waals surface area contributed by atoms with Crippen molar-refractivity contribution >= 4 is 7.82 Å². The molecule has 92 valence electrons. The van der Waals surface area contributed by atoms with Crippen LogP contribution in [0.25, 0.3) is 0 Å². The van der Waals surface area contributed by atoms with Crippen molar-refractivity contribution in [2.24, 2.45) is 0 Å². The minimum Gasteiger partial charge on any atom is -0.299 e. The molecule has 0 aromatic heterocycles. The van der Waals surface area contributed by atoms with Gasteiger partial charge in [0.2, 0.25) is 0 Å². The molecule has 0 aromatic carbocycles. The van der Waals surface area contributed by atoms with Gasteiger partial charge in [0.05, 0.1) is 11.2 Å². The Hall–Kier alpha value is 0.0300. The van der Waals surface area contributed by atoms with Gasteiger partial charge in [-0.3, -0.25) is 4.89 Å². The maximum Gasteiger partial charge on any atom is 0.526 e. The summed E-state index contributed by atoms with van der Waals surface area (Å²) < 4.78 is 19.7. The molecule has 0 radical (unpaired) electrons. The lowest BCUT2D eigenvalue weighted by Gasteiger charge is -2.21. The summed E-state index contributed by atoms with van der Waals surface area (Å²) in [5.74, 6) is 0. The van der Waals surface area contributed by atoms with Crippen LogP contribution in [0.15, 0.2) is 0 Å². The van der Waals surface area contributed by atoms with Gasteiger partial charge in [-0.25, -0.2) is 14.3 Å². The molecule has 0 aliphatic heterocycles. The third-order valence-electron chi connectivity index (χ3n) is 0.763. The normalized spacial score (nSPS) is 14.3. The van der Waals surface area contributed by atoms with Crippen molar-refractivity contribution in [2.45, 2.75) is 52.7 Å². The lowest BCUT2D eigenvalue weighted by atomic mass is 10.2. The summed E-state index contributed by atoms with van der Waals surface area (Å²) in [6.45, 7) is 9.99. The fraction of sp³-hybridized carbons (Fsp3) is 1.00. The lowest BCUT2D eigenvalue weighted by molar-refractivity contribution is -0.335. The highest BCUT2D eigenvalue weighted by atomic mass is 31.2. The molecule has 0 heterocycles. The molecule has 0 saturated carbocycles. The van der Waals surface area contributed by atoms with E-state index in [0.29, 0.717) is 0 Å². The summed E-state index contributed by atoms with van der Waals surface area (Å²) in [4.78, 5) is 18.4. The van der Waals surface area contributed by atoms with E-state index in [9.17, 15) is 4.57 Å². The number of rotatable bonds is 4. The molecule has 0 rings (SSSR count). The highest BCUT2D eigenvalue weighted by molar-refractivity contribution is 7.47. The summed E-state index contributed by atoms with van der Waals surface area (Å²) in [5, 5.41) is 0. The molecule has 0 unspecified atom stereocenters. The highest BCUT2D eigenvalue weighted by Gasteiger charge is 2.30. The van der Waals surface area contributed by atoms with Gasteiger partial charge in [-0.1, -0.05) is 0 Å². The summed E-state index contributed by atoms with van der Waals surface area (Å²) in [6, 6.07) is 0. The number of hydrogen-bond donors (Lipinski definition) is 1. The van der Waals surface area contributed by atoms with Gasteiger partial charge in [-0.05, 0) is 41.5 Å². The van der Waals surface area contributed by atoms with Gasteiger partial charge in [0, 0.05) is 0 Å². The van der Waals surface area contributed by atoms with Gasteiger partial charge in [-0.2, -0.15) is 0 Å². The average molecular weight is 242 g/mol. The fourth-order valence-corrected chi connectivity index (χ4v) is 0.991. The van der Waals surface area contributed by atoms with Crippen molar-refractivity contribution in [3.63, 3.8) is 0 Å². The standard InChI is InChI=1S/C8H19O6P/c1-7(2,3)11-13-15(9,10)14-12-8(4,5)6/h1-6H3,(H,9,10). The molecular weight excluding hydrogens is 223 g/mol. The maximum absolute atomic E-state index is 11.2. The van der Waals surface area contributed by atoms with E-state index in [1.54, 1.807) is 41.5 Å². The third-order valence-corrected chi connectivity index (χ3v) is 1.29. The van der Waals surface area contributed by atoms with E-state index in [-0.39, 0.29) is 0 Å². The highest BCUT2D eigenvalue weighted by Crippen LogP contribution is 2.45. The van der Waals surface area contributed by atoms with Crippen LogP contribution in [0.5, 0.6) is 0 Å². The SMILES string of the molecule is CC(C)(C)OOP(=O)(O)OOC(C)(C)C. The summed E-state index contributed by atoms with van der Waals surface area (Å²) >= 11 is 0. The summed E-state index contributed by atoms with van der Waals surface area (Å²) in [5.41, 5.74) is -1.41. The molecule has 0 bridgehead atoms. The number of phosphoric acid groups is 1. The van der Waals surface area contributed by atoms with Crippen molar-refractivity contribution in [3.05, 3.63) is 0 Å². The Labute approximate surface area is 90.0 Å². The molecule has 0 aromatic rings. The maximum atomic E-state index is 11.2. The Balaban J connectivity index is 4.04. The molecule has 0 amide bonds. The molecule has 0 atom stereocenters. The predicted molar refractivity (Wildman–Crippen MR) is 53.7 cm³/mol. The van der Waals surface area contributed by atoms with Crippen molar-refractivity contribution in [1.29, 1.82) is 0 Å². The Bertz CT molecular complexity index is 216. The van der Waals surface area contributed by atoms with E-state index in [1.807, 2.05) is 0 Å². The van der Waals surface area contributed by atoms with Crippen LogP contribution in [0.1, 0.15) is 41.5 Å². The zero-order chi connectivity index (χ0) is 12.3. The van der Waals surface area contributed by atoms with E-state index in [4.69, 9.17) is 4.89 Å². The Morgan fingerprint density at radius 1 is 0.867 bits per heavy atom. The molecule has 0 aliphatic carbocycles. The largest absolute Gasteiger partial charge is 0.526 e. The van der Waals surface area contributed by atoms with Crippen LogP contribution in [0.2, 0.25) is 0 Å². The van der Waals surface area contributed by atoms with Crippen LogP contribution in [-0.4, -0.2) is 16.1 Å². The van der Waals surface area contributed by atoms with E-state index >= 15 is 0 Å². The Morgan fingerprint density at radius 2 is 1.13 bits per heavy atom. The smallest absolute Gasteiger partial charge is 0.299 e. The predicted octanol–water partition coefficient (Wildman–Crippen LogP) is 2.58. The second-order valence-corrected chi connectivity index (χ2v) is 6.24. The van der Waals surface area contributed by atoms with E-state index in [0.717, 1.165) is 0 Å². The lowest BCUT2D eigenvalue weighted by Crippen LogP contribution is -2.21. The number of hydrogen-bond acceptors (Lipinski definition) is 5.